The Balaban J connectivity index is 1.94. The maximum atomic E-state index is 12.5. The summed E-state index contributed by atoms with van der Waals surface area (Å²) in [6.45, 7) is 0.415. The summed E-state index contributed by atoms with van der Waals surface area (Å²) >= 11 is 5.58. The topological polar surface area (TPSA) is 66.5 Å². The van der Waals surface area contributed by atoms with Crippen LogP contribution in [0.1, 0.15) is 28.8 Å². The molecule has 1 aromatic carbocycles. The van der Waals surface area contributed by atoms with Crippen LogP contribution in [0, 0.1) is 3.57 Å². The van der Waals surface area contributed by atoms with Gasteiger partial charge >= 0.3 is 0 Å². The molecule has 1 N–H and O–H groups in total. The number of piperidine rings is 1. The first-order valence-corrected chi connectivity index (χ1v) is 7.97. The number of carbonyl (C=O) groups is 3. The van der Waals surface area contributed by atoms with Crippen LogP contribution in [0.3, 0.4) is 0 Å². The first-order valence-electron chi connectivity index (χ1n) is 6.10. The average Bonchev–Trinajstić information content (AvgIpc) is 2.73. The van der Waals surface area contributed by atoms with Gasteiger partial charge in [-0.2, -0.15) is 0 Å². The van der Waals surface area contributed by atoms with Gasteiger partial charge in [-0.15, -0.1) is 0 Å². The van der Waals surface area contributed by atoms with Crippen LogP contribution < -0.4 is 5.32 Å². The van der Waals surface area contributed by atoms with Gasteiger partial charge in [0.2, 0.25) is 11.8 Å². The van der Waals surface area contributed by atoms with Crippen LogP contribution in [-0.2, 0) is 16.1 Å². The lowest BCUT2D eigenvalue weighted by Gasteiger charge is -2.29. The molecule has 5 nitrogen and oxygen atoms in total. The zero-order valence-electron chi connectivity index (χ0n) is 10.3. The first kappa shape index (κ1) is 14.0. The lowest BCUT2D eigenvalue weighted by Crippen LogP contribution is -2.52. The monoisotopic (exact) mass is 448 g/mol. The number of hydrogen-bond donors (Lipinski definition) is 1. The molecule has 0 saturated carbocycles. The van der Waals surface area contributed by atoms with Crippen molar-refractivity contribution >= 4 is 56.2 Å². The number of benzene rings is 1. The third-order valence-corrected chi connectivity index (χ3v) is 5.27. The Morgan fingerprint density at radius 2 is 2.05 bits per heavy atom. The Hall–Kier alpha value is -0.960. The first-order chi connectivity index (χ1) is 9.49. The predicted molar refractivity (Wildman–Crippen MR) is 82.9 cm³/mol. The molecule has 2 aliphatic rings. The van der Waals surface area contributed by atoms with Gasteiger partial charge in [-0.25, -0.2) is 0 Å². The van der Waals surface area contributed by atoms with E-state index in [9.17, 15) is 14.4 Å². The lowest BCUT2D eigenvalue weighted by atomic mass is 10.0. The number of amides is 3. The second kappa shape index (κ2) is 5.10. The number of fused-ring (bicyclic) bond motifs is 1. The van der Waals surface area contributed by atoms with Crippen molar-refractivity contribution in [3.63, 3.8) is 0 Å². The SMILES string of the molecule is O=C1CCC(N2Cc3c(I)ccc(Br)c3C2=O)C(=O)N1. The number of nitrogens with one attached hydrogen (secondary N) is 1. The molecule has 0 spiro atoms. The van der Waals surface area contributed by atoms with Gasteiger partial charge in [0.15, 0.2) is 0 Å². The minimum Gasteiger partial charge on any atom is -0.322 e. The maximum absolute atomic E-state index is 12.5. The third kappa shape index (κ3) is 2.16. The van der Waals surface area contributed by atoms with Crippen molar-refractivity contribution < 1.29 is 14.4 Å². The summed E-state index contributed by atoms with van der Waals surface area (Å²) in [5.74, 6) is -0.806. The molecule has 0 aromatic heterocycles. The summed E-state index contributed by atoms with van der Waals surface area (Å²) in [6, 6.07) is 3.22. The summed E-state index contributed by atoms with van der Waals surface area (Å²) in [5, 5.41) is 2.30. The molecule has 0 aliphatic carbocycles. The molecule has 2 heterocycles. The average molecular weight is 449 g/mol. The van der Waals surface area contributed by atoms with E-state index in [2.05, 4.69) is 43.8 Å². The normalized spacial score (nSPS) is 22.0. The number of halogens is 2. The molecule has 1 atom stereocenters. The molecule has 3 amide bonds. The fraction of sp³-hybridized carbons (Fsp3) is 0.308. The Morgan fingerprint density at radius 1 is 1.30 bits per heavy atom. The smallest absolute Gasteiger partial charge is 0.256 e. The molecule has 104 valence electrons. The molecule has 3 rings (SSSR count). The van der Waals surface area contributed by atoms with E-state index in [-0.39, 0.29) is 24.1 Å². The van der Waals surface area contributed by atoms with Gasteiger partial charge in [0, 0.05) is 21.0 Å². The molecule has 20 heavy (non-hydrogen) atoms. The molecule has 1 saturated heterocycles. The summed E-state index contributed by atoms with van der Waals surface area (Å²) < 4.78 is 1.75. The van der Waals surface area contributed by atoms with Gasteiger partial charge in [-0.1, -0.05) is 0 Å². The van der Waals surface area contributed by atoms with E-state index in [4.69, 9.17) is 0 Å². The molecular formula is C13H10BrIN2O3. The quantitative estimate of drug-likeness (QED) is 0.526. The zero-order chi connectivity index (χ0) is 14.4. The summed E-state index contributed by atoms with van der Waals surface area (Å²) in [5.41, 5.74) is 1.57. The highest BCUT2D eigenvalue weighted by molar-refractivity contribution is 14.1. The summed E-state index contributed by atoms with van der Waals surface area (Å²) in [7, 11) is 0. The van der Waals surface area contributed by atoms with E-state index in [0.29, 0.717) is 18.5 Å². The Bertz CT molecular complexity index is 647. The van der Waals surface area contributed by atoms with E-state index in [1.807, 2.05) is 12.1 Å². The largest absolute Gasteiger partial charge is 0.322 e. The van der Waals surface area contributed by atoms with E-state index in [1.165, 1.54) is 0 Å². The number of hydrogen-bond acceptors (Lipinski definition) is 3. The second-order valence-electron chi connectivity index (χ2n) is 4.78. The van der Waals surface area contributed by atoms with Crippen molar-refractivity contribution in [1.82, 2.24) is 10.2 Å². The van der Waals surface area contributed by atoms with Gasteiger partial charge in [-0.05, 0) is 62.6 Å². The lowest BCUT2D eigenvalue weighted by molar-refractivity contribution is -0.136. The number of imide groups is 1. The summed E-state index contributed by atoms with van der Waals surface area (Å²) in [6.07, 6.45) is 0.660. The van der Waals surface area contributed by atoms with Crippen molar-refractivity contribution in [3.8, 4) is 0 Å². The Labute approximate surface area is 137 Å². The number of rotatable bonds is 1. The van der Waals surface area contributed by atoms with Crippen LogP contribution in [0.5, 0.6) is 0 Å². The standard InChI is InChI=1S/C13H10BrIN2O3/c14-7-1-2-8(15)6-5-17(13(20)11(6)7)9-3-4-10(18)16-12(9)19/h1-2,9H,3-5H2,(H,16,18,19). The molecule has 0 radical (unpaired) electrons. The van der Waals surface area contributed by atoms with Crippen molar-refractivity contribution in [3.05, 3.63) is 31.3 Å². The minimum atomic E-state index is -0.560. The van der Waals surface area contributed by atoms with E-state index < -0.39 is 6.04 Å². The highest BCUT2D eigenvalue weighted by Crippen LogP contribution is 2.34. The van der Waals surface area contributed by atoms with Crippen molar-refractivity contribution in [2.45, 2.75) is 25.4 Å². The van der Waals surface area contributed by atoms with Crippen molar-refractivity contribution in [1.29, 1.82) is 0 Å². The molecule has 0 bridgehead atoms. The minimum absolute atomic E-state index is 0.153. The molecule has 7 heteroatoms. The molecule has 2 aliphatic heterocycles. The van der Waals surface area contributed by atoms with Crippen molar-refractivity contribution in [2.24, 2.45) is 0 Å². The molecule has 1 fully saturated rings. The third-order valence-electron chi connectivity index (χ3n) is 3.59. The van der Waals surface area contributed by atoms with Crippen LogP contribution in [0.2, 0.25) is 0 Å². The Morgan fingerprint density at radius 3 is 2.70 bits per heavy atom. The van der Waals surface area contributed by atoms with Crippen LogP contribution >= 0.6 is 38.5 Å². The van der Waals surface area contributed by atoms with Crippen LogP contribution in [0.15, 0.2) is 16.6 Å². The molecule has 1 aromatic rings. The maximum Gasteiger partial charge on any atom is 0.256 e. The fourth-order valence-electron chi connectivity index (χ4n) is 2.60. The molecular weight excluding hydrogens is 439 g/mol. The van der Waals surface area contributed by atoms with Gasteiger partial charge in [0.05, 0.1) is 5.56 Å². The predicted octanol–water partition coefficient (Wildman–Crippen LogP) is 1.81. The highest BCUT2D eigenvalue weighted by atomic mass is 127. The van der Waals surface area contributed by atoms with Gasteiger partial charge in [-0.3, -0.25) is 19.7 Å². The fourth-order valence-corrected chi connectivity index (χ4v) is 3.76. The van der Waals surface area contributed by atoms with Gasteiger partial charge in [0.1, 0.15) is 6.04 Å². The van der Waals surface area contributed by atoms with Gasteiger partial charge < -0.3 is 4.90 Å². The van der Waals surface area contributed by atoms with Crippen molar-refractivity contribution in [2.75, 3.05) is 0 Å². The van der Waals surface area contributed by atoms with Gasteiger partial charge in [0.25, 0.3) is 5.91 Å². The summed E-state index contributed by atoms with van der Waals surface area (Å²) in [4.78, 5) is 37.2. The van der Waals surface area contributed by atoms with E-state index in [1.54, 1.807) is 4.90 Å². The highest BCUT2D eigenvalue weighted by Gasteiger charge is 2.40. The zero-order valence-corrected chi connectivity index (χ0v) is 14.0. The number of carbonyl (C=O) groups excluding carboxylic acids is 3. The molecule has 1 unspecified atom stereocenters. The van der Waals surface area contributed by atoms with Crippen LogP contribution in [-0.4, -0.2) is 28.7 Å². The van der Waals surface area contributed by atoms with E-state index in [0.717, 1.165) is 13.6 Å². The van der Waals surface area contributed by atoms with Crippen LogP contribution in [0.25, 0.3) is 0 Å². The Kier molecular flexibility index (Phi) is 3.57. The van der Waals surface area contributed by atoms with E-state index >= 15 is 0 Å². The number of nitrogens with zero attached hydrogens (tertiary/aromatic N) is 1. The second-order valence-corrected chi connectivity index (χ2v) is 6.80. The van der Waals surface area contributed by atoms with Crippen LogP contribution in [0.4, 0.5) is 0 Å².